The lowest BCUT2D eigenvalue weighted by Crippen LogP contribution is -2.54. The van der Waals surface area contributed by atoms with Crippen molar-refractivity contribution in [3.8, 4) is 5.75 Å². The number of morpholine rings is 1. The molecular weight excluding hydrogens is 409 g/mol. The Morgan fingerprint density at radius 2 is 2.00 bits per heavy atom. The van der Waals surface area contributed by atoms with E-state index in [-0.39, 0.29) is 23.7 Å². The summed E-state index contributed by atoms with van der Waals surface area (Å²) in [7, 11) is 0. The third-order valence-electron chi connectivity index (χ3n) is 5.88. The van der Waals surface area contributed by atoms with Crippen molar-refractivity contribution < 1.29 is 22.6 Å². The highest BCUT2D eigenvalue weighted by Crippen LogP contribution is 2.39. The molecule has 3 aromatic rings. The van der Waals surface area contributed by atoms with E-state index in [0.717, 1.165) is 24.4 Å². The van der Waals surface area contributed by atoms with Crippen LogP contribution >= 0.6 is 0 Å². The minimum absolute atomic E-state index is 0.00228. The van der Waals surface area contributed by atoms with Crippen molar-refractivity contribution in [2.75, 3.05) is 31.6 Å². The molecule has 0 amide bonds. The lowest BCUT2D eigenvalue weighted by molar-refractivity contribution is -0.144. The van der Waals surface area contributed by atoms with E-state index < -0.39 is 12.0 Å². The highest BCUT2D eigenvalue weighted by atomic mass is 19.4. The van der Waals surface area contributed by atoms with E-state index in [1.54, 1.807) is 18.2 Å². The number of hydrogen-bond donors (Lipinski definition) is 2. The summed E-state index contributed by atoms with van der Waals surface area (Å²) in [6, 6.07) is 12.7. The molecule has 0 bridgehead atoms. The number of halogens is 3. The van der Waals surface area contributed by atoms with Crippen LogP contribution in [-0.2, 0) is 10.9 Å². The van der Waals surface area contributed by atoms with Gasteiger partial charge in [0.05, 0.1) is 36.0 Å². The number of aromatic amines is 1. The van der Waals surface area contributed by atoms with Crippen LogP contribution in [0.4, 0.5) is 18.9 Å². The molecule has 9 heteroatoms. The summed E-state index contributed by atoms with van der Waals surface area (Å²) >= 11 is 0. The van der Waals surface area contributed by atoms with Gasteiger partial charge in [0.25, 0.3) is 0 Å². The molecule has 1 saturated heterocycles. The van der Waals surface area contributed by atoms with Gasteiger partial charge in [-0.15, -0.1) is 0 Å². The first kappa shape index (κ1) is 20.1. The van der Waals surface area contributed by atoms with E-state index in [2.05, 4.69) is 20.2 Å². The van der Waals surface area contributed by atoms with Gasteiger partial charge < -0.3 is 19.8 Å². The second-order valence-corrected chi connectivity index (χ2v) is 8.00. The van der Waals surface area contributed by atoms with E-state index in [0.29, 0.717) is 24.4 Å². The number of benzene rings is 2. The number of anilines is 1. The zero-order chi connectivity index (χ0) is 21.6. The van der Waals surface area contributed by atoms with Gasteiger partial charge in [-0.1, -0.05) is 24.3 Å². The first-order chi connectivity index (χ1) is 14.9. The van der Waals surface area contributed by atoms with Crippen LogP contribution in [0.5, 0.6) is 5.75 Å². The lowest BCUT2D eigenvalue weighted by atomic mass is 9.94. The van der Waals surface area contributed by atoms with Crippen molar-refractivity contribution in [3.63, 3.8) is 0 Å². The second-order valence-electron chi connectivity index (χ2n) is 8.00. The SMILES string of the molecule is CC1CN(C2COc3ccccc3C2Nc2cccc3[nH]c(C(F)(F)F)nc23)CCO1. The summed E-state index contributed by atoms with van der Waals surface area (Å²) < 4.78 is 51.3. The van der Waals surface area contributed by atoms with E-state index >= 15 is 0 Å². The third-order valence-corrected chi connectivity index (χ3v) is 5.88. The van der Waals surface area contributed by atoms with Crippen molar-refractivity contribution >= 4 is 16.7 Å². The monoisotopic (exact) mass is 432 g/mol. The number of alkyl halides is 3. The lowest BCUT2D eigenvalue weighted by Gasteiger charge is -2.44. The molecule has 2 N–H and O–H groups in total. The minimum atomic E-state index is -4.53. The first-order valence-electron chi connectivity index (χ1n) is 10.3. The average Bonchev–Trinajstić information content (AvgIpc) is 3.20. The Hall–Kier alpha value is -2.78. The number of aromatic nitrogens is 2. The van der Waals surface area contributed by atoms with Gasteiger partial charge in [-0.05, 0) is 25.1 Å². The molecule has 31 heavy (non-hydrogen) atoms. The van der Waals surface area contributed by atoms with Crippen molar-refractivity contribution in [3.05, 3.63) is 53.9 Å². The maximum Gasteiger partial charge on any atom is 0.449 e. The Morgan fingerprint density at radius 1 is 1.16 bits per heavy atom. The summed E-state index contributed by atoms with van der Waals surface area (Å²) in [5.41, 5.74) is 2.14. The van der Waals surface area contributed by atoms with Gasteiger partial charge in [0.1, 0.15) is 17.9 Å². The molecule has 164 valence electrons. The predicted octanol–water partition coefficient (Wildman–Crippen LogP) is 4.22. The van der Waals surface area contributed by atoms with Crippen LogP contribution in [0.3, 0.4) is 0 Å². The Bertz CT molecular complexity index is 1080. The van der Waals surface area contributed by atoms with Crippen molar-refractivity contribution in [2.45, 2.75) is 31.3 Å². The summed E-state index contributed by atoms with van der Waals surface area (Å²) in [6.45, 7) is 4.68. The number of fused-ring (bicyclic) bond motifs is 2. The molecule has 2 aliphatic rings. The number of hydrogen-bond acceptors (Lipinski definition) is 5. The summed E-state index contributed by atoms with van der Waals surface area (Å²) in [4.78, 5) is 8.56. The maximum absolute atomic E-state index is 13.2. The summed E-state index contributed by atoms with van der Waals surface area (Å²) in [5.74, 6) is -0.217. The molecular formula is C22H23F3N4O2. The molecule has 0 aliphatic carbocycles. The standard InChI is InChI=1S/C22H23F3N4O2/c1-13-11-29(9-10-30-13)17-12-31-18-8-3-2-5-14(18)19(17)26-15-6-4-7-16-20(15)28-21(27-16)22(23,24)25/h2-8,13,17,19,26H,9-12H2,1H3,(H,27,28). The molecule has 2 aromatic carbocycles. The van der Waals surface area contributed by atoms with E-state index in [9.17, 15) is 13.2 Å². The molecule has 6 nitrogen and oxygen atoms in total. The summed E-state index contributed by atoms with van der Waals surface area (Å²) in [6.07, 6.45) is -4.43. The number of para-hydroxylation sites is 2. The largest absolute Gasteiger partial charge is 0.491 e. The molecule has 3 unspecified atom stereocenters. The fourth-order valence-corrected chi connectivity index (χ4v) is 4.43. The van der Waals surface area contributed by atoms with Gasteiger partial charge in [-0.3, -0.25) is 4.90 Å². The summed E-state index contributed by atoms with van der Waals surface area (Å²) in [5, 5.41) is 3.49. The number of ether oxygens (including phenoxy) is 2. The molecule has 0 spiro atoms. The molecule has 3 heterocycles. The molecule has 3 atom stereocenters. The smallest absolute Gasteiger partial charge is 0.449 e. The number of imidazole rings is 1. The Kier molecular flexibility index (Phi) is 5.02. The molecule has 1 aromatic heterocycles. The van der Waals surface area contributed by atoms with Crippen LogP contribution in [0.25, 0.3) is 11.0 Å². The predicted molar refractivity (Wildman–Crippen MR) is 110 cm³/mol. The van der Waals surface area contributed by atoms with E-state index in [4.69, 9.17) is 9.47 Å². The van der Waals surface area contributed by atoms with Crippen LogP contribution < -0.4 is 10.1 Å². The maximum atomic E-state index is 13.2. The highest BCUT2D eigenvalue weighted by Gasteiger charge is 2.38. The topological polar surface area (TPSA) is 62.4 Å². The fourth-order valence-electron chi connectivity index (χ4n) is 4.43. The number of nitrogens with zero attached hydrogens (tertiary/aromatic N) is 2. The second kappa shape index (κ2) is 7.72. The van der Waals surface area contributed by atoms with Crippen molar-refractivity contribution in [1.82, 2.24) is 14.9 Å². The van der Waals surface area contributed by atoms with Gasteiger partial charge in [-0.2, -0.15) is 13.2 Å². The molecule has 2 aliphatic heterocycles. The average molecular weight is 432 g/mol. The van der Waals surface area contributed by atoms with Crippen LogP contribution in [-0.4, -0.2) is 53.3 Å². The fraction of sp³-hybridized carbons (Fsp3) is 0.409. The zero-order valence-electron chi connectivity index (χ0n) is 16.9. The van der Waals surface area contributed by atoms with Crippen LogP contribution in [0.1, 0.15) is 24.4 Å². The number of rotatable bonds is 3. The highest BCUT2D eigenvalue weighted by molar-refractivity contribution is 5.88. The Balaban J connectivity index is 1.54. The number of nitrogens with one attached hydrogen (secondary N) is 2. The van der Waals surface area contributed by atoms with Crippen LogP contribution in [0.2, 0.25) is 0 Å². The van der Waals surface area contributed by atoms with E-state index in [1.165, 1.54) is 0 Å². The van der Waals surface area contributed by atoms with Crippen molar-refractivity contribution in [1.29, 1.82) is 0 Å². The van der Waals surface area contributed by atoms with E-state index in [1.807, 2.05) is 31.2 Å². The zero-order valence-corrected chi connectivity index (χ0v) is 16.9. The van der Waals surface area contributed by atoms with Crippen molar-refractivity contribution in [2.24, 2.45) is 0 Å². The molecule has 0 radical (unpaired) electrons. The molecule has 1 fully saturated rings. The van der Waals surface area contributed by atoms with Gasteiger partial charge in [0.2, 0.25) is 5.82 Å². The Labute approximate surface area is 177 Å². The molecule has 0 saturated carbocycles. The number of H-pyrrole nitrogens is 1. The third kappa shape index (κ3) is 3.83. The normalized spacial score (nSPS) is 24.6. The quantitative estimate of drug-likeness (QED) is 0.649. The Morgan fingerprint density at radius 3 is 2.81 bits per heavy atom. The van der Waals surface area contributed by atoms with Gasteiger partial charge in [0.15, 0.2) is 0 Å². The molecule has 5 rings (SSSR count). The van der Waals surface area contributed by atoms with Gasteiger partial charge >= 0.3 is 6.18 Å². The van der Waals surface area contributed by atoms with Crippen LogP contribution in [0.15, 0.2) is 42.5 Å². The first-order valence-corrected chi connectivity index (χ1v) is 10.3. The van der Waals surface area contributed by atoms with Crippen LogP contribution in [0, 0.1) is 0 Å². The van der Waals surface area contributed by atoms with Gasteiger partial charge in [0, 0.05) is 18.7 Å². The minimum Gasteiger partial charge on any atom is -0.491 e. The van der Waals surface area contributed by atoms with Gasteiger partial charge in [-0.25, -0.2) is 4.98 Å².